The molecule has 8 nitrogen and oxygen atoms in total. The SMILES string of the molecule is CC/C(=C(\C1=C(Cl)c2cccnc2C1)c1ccc(OCCN(C/C=C/C(=O)N(C)C)C(=O)OC(C)(C)C)nc1)c1ccccc1. The topological polar surface area (TPSA) is 84.9 Å². The number of benzene rings is 1. The third-order valence-corrected chi connectivity index (χ3v) is 7.56. The van der Waals surface area contributed by atoms with Gasteiger partial charge in [0.15, 0.2) is 0 Å². The monoisotopic (exact) mass is 628 g/mol. The molecule has 1 aromatic carbocycles. The van der Waals surface area contributed by atoms with Crippen LogP contribution in [0, 0.1) is 0 Å². The fraction of sp³-hybridized carbons (Fsp3) is 0.333. The van der Waals surface area contributed by atoms with E-state index in [0.717, 1.165) is 40.0 Å². The van der Waals surface area contributed by atoms with Gasteiger partial charge in [-0.1, -0.05) is 61.0 Å². The number of amides is 2. The zero-order chi connectivity index (χ0) is 32.6. The number of rotatable bonds is 11. The lowest BCUT2D eigenvalue weighted by Gasteiger charge is -2.26. The number of ether oxygens (including phenoxy) is 2. The first-order valence-electron chi connectivity index (χ1n) is 15.0. The molecule has 2 aromatic heterocycles. The number of allylic oxidation sites excluding steroid dienone is 3. The molecule has 0 unspecified atom stereocenters. The Kier molecular flexibility index (Phi) is 11.2. The maximum atomic E-state index is 12.9. The van der Waals surface area contributed by atoms with Crippen molar-refractivity contribution in [3.8, 4) is 5.88 Å². The van der Waals surface area contributed by atoms with E-state index in [1.807, 2.05) is 63.2 Å². The molecule has 1 aliphatic carbocycles. The summed E-state index contributed by atoms with van der Waals surface area (Å²) in [6.45, 7) is 8.20. The van der Waals surface area contributed by atoms with Crippen molar-refractivity contribution in [2.75, 3.05) is 33.8 Å². The molecule has 45 heavy (non-hydrogen) atoms. The maximum Gasteiger partial charge on any atom is 0.410 e. The van der Waals surface area contributed by atoms with Crippen LogP contribution in [-0.2, 0) is 16.0 Å². The Morgan fingerprint density at radius 2 is 1.76 bits per heavy atom. The van der Waals surface area contributed by atoms with E-state index in [0.29, 0.717) is 17.3 Å². The van der Waals surface area contributed by atoms with Gasteiger partial charge in [-0.3, -0.25) is 9.78 Å². The summed E-state index contributed by atoms with van der Waals surface area (Å²) < 4.78 is 11.5. The number of halogens is 1. The van der Waals surface area contributed by atoms with Gasteiger partial charge in [0.2, 0.25) is 11.8 Å². The van der Waals surface area contributed by atoms with Gasteiger partial charge in [-0.05, 0) is 61.6 Å². The second-order valence-corrected chi connectivity index (χ2v) is 12.2. The first kappa shape index (κ1) is 33.5. The molecule has 0 fully saturated rings. The van der Waals surface area contributed by atoms with Crippen LogP contribution in [0.25, 0.3) is 16.2 Å². The van der Waals surface area contributed by atoms with E-state index >= 15 is 0 Å². The van der Waals surface area contributed by atoms with Gasteiger partial charge < -0.3 is 19.3 Å². The Bertz CT molecular complexity index is 1590. The molecule has 1 aliphatic rings. The number of hydrogen-bond donors (Lipinski definition) is 0. The molecular weight excluding hydrogens is 588 g/mol. The Hall–Kier alpha value is -4.43. The maximum absolute atomic E-state index is 12.9. The van der Waals surface area contributed by atoms with Crippen molar-refractivity contribution >= 4 is 39.8 Å². The summed E-state index contributed by atoms with van der Waals surface area (Å²) in [4.78, 5) is 37.0. The van der Waals surface area contributed by atoms with Crippen molar-refractivity contribution < 1.29 is 19.1 Å². The molecule has 0 aliphatic heterocycles. The standard InChI is InChI=1S/C36H41ClN4O4/c1-7-27(25-13-9-8-10-14-25)33(29-23-30-28(34(29)37)15-11-19-38-30)26-17-18-31(39-24-26)44-22-21-41(35(43)45-36(2,3)4)20-12-16-32(42)40(5)6/h8-19,24H,7,20-23H2,1-6H3/b16-12+,33-27+. The third kappa shape index (κ3) is 8.82. The van der Waals surface area contributed by atoms with Crippen LogP contribution in [0.2, 0.25) is 0 Å². The van der Waals surface area contributed by atoms with Crippen LogP contribution in [0.4, 0.5) is 4.79 Å². The Balaban J connectivity index is 1.55. The summed E-state index contributed by atoms with van der Waals surface area (Å²) in [5, 5.41) is 0.707. The van der Waals surface area contributed by atoms with E-state index in [1.165, 1.54) is 21.4 Å². The van der Waals surface area contributed by atoms with Crippen molar-refractivity contribution in [2.45, 2.75) is 46.1 Å². The van der Waals surface area contributed by atoms with E-state index < -0.39 is 11.7 Å². The average molecular weight is 629 g/mol. The number of hydrogen-bond acceptors (Lipinski definition) is 6. The van der Waals surface area contributed by atoms with E-state index in [1.54, 1.807) is 32.6 Å². The van der Waals surface area contributed by atoms with Gasteiger partial charge in [-0.15, -0.1) is 0 Å². The lowest BCUT2D eigenvalue weighted by Crippen LogP contribution is -2.39. The molecule has 2 heterocycles. The molecule has 4 rings (SSSR count). The number of carbonyl (C=O) groups is 2. The largest absolute Gasteiger partial charge is 0.476 e. The number of likely N-dealkylation sites (N-methyl/N-ethyl adjacent to an activating group) is 1. The van der Waals surface area contributed by atoms with Crippen LogP contribution in [-0.4, -0.2) is 71.2 Å². The first-order valence-corrected chi connectivity index (χ1v) is 15.4. The van der Waals surface area contributed by atoms with Crippen LogP contribution in [0.1, 0.15) is 56.5 Å². The Morgan fingerprint density at radius 3 is 2.38 bits per heavy atom. The second kappa shape index (κ2) is 15.0. The van der Waals surface area contributed by atoms with Gasteiger partial charge in [-0.25, -0.2) is 9.78 Å². The smallest absolute Gasteiger partial charge is 0.410 e. The number of pyridine rings is 2. The zero-order valence-corrected chi connectivity index (χ0v) is 27.6. The lowest BCUT2D eigenvalue weighted by molar-refractivity contribution is -0.123. The lowest BCUT2D eigenvalue weighted by atomic mass is 9.88. The molecule has 0 saturated carbocycles. The summed E-state index contributed by atoms with van der Waals surface area (Å²) in [6.07, 6.45) is 7.61. The van der Waals surface area contributed by atoms with Crippen LogP contribution in [0.5, 0.6) is 5.88 Å². The van der Waals surface area contributed by atoms with E-state index in [-0.39, 0.29) is 25.6 Å². The first-order chi connectivity index (χ1) is 21.5. The van der Waals surface area contributed by atoms with Crippen molar-refractivity contribution in [3.05, 3.63) is 107 Å². The zero-order valence-electron chi connectivity index (χ0n) is 26.8. The van der Waals surface area contributed by atoms with Gasteiger partial charge in [0, 0.05) is 62.7 Å². The molecular formula is C36H41ClN4O4. The van der Waals surface area contributed by atoms with Gasteiger partial charge in [0.1, 0.15) is 12.2 Å². The molecule has 0 N–H and O–H groups in total. The number of aromatic nitrogens is 2. The number of nitrogens with zero attached hydrogens (tertiary/aromatic N) is 4. The van der Waals surface area contributed by atoms with Crippen LogP contribution in [0.15, 0.2) is 84.7 Å². The van der Waals surface area contributed by atoms with E-state index in [2.05, 4.69) is 29.0 Å². The minimum atomic E-state index is -0.659. The fourth-order valence-electron chi connectivity index (χ4n) is 4.97. The summed E-state index contributed by atoms with van der Waals surface area (Å²) >= 11 is 7.00. The van der Waals surface area contributed by atoms with Crippen LogP contribution in [0.3, 0.4) is 0 Å². The second-order valence-electron chi connectivity index (χ2n) is 11.8. The normalized spacial score (nSPS) is 13.4. The third-order valence-electron chi connectivity index (χ3n) is 7.13. The molecule has 9 heteroatoms. The highest BCUT2D eigenvalue weighted by atomic mass is 35.5. The number of carbonyl (C=O) groups excluding carboxylic acids is 2. The highest BCUT2D eigenvalue weighted by Crippen LogP contribution is 2.44. The summed E-state index contributed by atoms with van der Waals surface area (Å²) in [5.74, 6) is 0.260. The fourth-order valence-corrected chi connectivity index (χ4v) is 5.30. The minimum Gasteiger partial charge on any atom is -0.476 e. The van der Waals surface area contributed by atoms with Gasteiger partial charge >= 0.3 is 6.09 Å². The molecule has 0 bridgehead atoms. The molecule has 3 aromatic rings. The van der Waals surface area contributed by atoms with Gasteiger partial charge in [-0.2, -0.15) is 0 Å². The minimum absolute atomic E-state index is 0.165. The van der Waals surface area contributed by atoms with Crippen molar-refractivity contribution in [1.82, 2.24) is 19.8 Å². The Labute approximate surface area is 271 Å². The quantitative estimate of drug-likeness (QED) is 0.208. The van der Waals surface area contributed by atoms with Gasteiger partial charge in [0.05, 0.1) is 17.3 Å². The van der Waals surface area contributed by atoms with Gasteiger partial charge in [0.25, 0.3) is 0 Å². The van der Waals surface area contributed by atoms with Crippen molar-refractivity contribution in [1.29, 1.82) is 0 Å². The summed E-state index contributed by atoms with van der Waals surface area (Å²) in [5.41, 5.74) is 6.54. The molecule has 236 valence electrons. The summed E-state index contributed by atoms with van der Waals surface area (Å²) in [6, 6.07) is 18.0. The highest BCUT2D eigenvalue weighted by Gasteiger charge is 2.27. The van der Waals surface area contributed by atoms with Crippen molar-refractivity contribution in [3.63, 3.8) is 0 Å². The van der Waals surface area contributed by atoms with E-state index in [9.17, 15) is 9.59 Å². The van der Waals surface area contributed by atoms with E-state index in [4.69, 9.17) is 21.1 Å². The predicted molar refractivity (Wildman–Crippen MR) is 180 cm³/mol. The molecule has 0 atom stereocenters. The predicted octanol–water partition coefficient (Wildman–Crippen LogP) is 7.26. The molecule has 0 saturated heterocycles. The Morgan fingerprint density at radius 1 is 1.00 bits per heavy atom. The molecule has 0 radical (unpaired) electrons. The highest BCUT2D eigenvalue weighted by molar-refractivity contribution is 6.51. The van der Waals surface area contributed by atoms with Crippen molar-refractivity contribution in [2.24, 2.45) is 0 Å². The van der Waals surface area contributed by atoms with Crippen LogP contribution < -0.4 is 4.74 Å². The average Bonchev–Trinajstić information content (AvgIpc) is 3.34. The molecule has 2 amide bonds. The van der Waals surface area contributed by atoms with Crippen LogP contribution >= 0.6 is 11.6 Å². The molecule has 0 spiro atoms. The summed E-state index contributed by atoms with van der Waals surface area (Å²) in [7, 11) is 3.34. The number of fused-ring (bicyclic) bond motifs is 1.